The molecule has 0 saturated heterocycles. The van der Waals surface area contributed by atoms with Gasteiger partial charge < -0.3 is 36.9 Å². The highest BCUT2D eigenvalue weighted by molar-refractivity contribution is 6.39. The van der Waals surface area contributed by atoms with Crippen molar-refractivity contribution in [1.29, 1.82) is 10.9 Å². The average molecular weight is 550 g/mol. The molecule has 37 heavy (non-hydrogen) atoms. The van der Waals surface area contributed by atoms with Gasteiger partial charge in [0.25, 0.3) is 11.8 Å². The molecule has 0 aliphatic rings. The topological polar surface area (TPSA) is 200 Å². The number of aliphatic hydroxyl groups excluding tert-OH is 1. The first-order chi connectivity index (χ1) is 17.7. The molecule has 0 aromatic heterocycles. The SMILES string of the molecule is N=C/C=C(\N=N)NCCC(=O)Nc1ccc(C(=O)NC[C@H](NC(=O)c2c(Cl)cccc2Cl)C(O)O)cc1. The predicted octanol–water partition coefficient (Wildman–Crippen LogP) is 2.27. The fraction of sp³-hybridized carbons (Fsp3) is 0.217. The average Bonchev–Trinajstić information content (AvgIpc) is 2.86. The van der Waals surface area contributed by atoms with Crippen LogP contribution in [0.1, 0.15) is 27.1 Å². The number of benzene rings is 2. The van der Waals surface area contributed by atoms with Gasteiger partial charge in [-0.2, -0.15) is 0 Å². The van der Waals surface area contributed by atoms with Gasteiger partial charge in [-0.1, -0.05) is 29.3 Å². The molecule has 0 radical (unpaired) electrons. The van der Waals surface area contributed by atoms with Crippen molar-refractivity contribution < 1.29 is 24.6 Å². The van der Waals surface area contributed by atoms with E-state index in [2.05, 4.69) is 26.4 Å². The number of amides is 3. The molecule has 0 aliphatic carbocycles. The van der Waals surface area contributed by atoms with Crippen LogP contribution in [0.3, 0.4) is 0 Å². The molecular weight excluding hydrogens is 525 g/mol. The van der Waals surface area contributed by atoms with Crippen molar-refractivity contribution in [1.82, 2.24) is 16.0 Å². The first-order valence-corrected chi connectivity index (χ1v) is 11.5. The van der Waals surface area contributed by atoms with Crippen LogP contribution in [0.15, 0.2) is 59.5 Å². The van der Waals surface area contributed by atoms with E-state index in [4.69, 9.17) is 34.1 Å². The van der Waals surface area contributed by atoms with E-state index in [1.165, 1.54) is 42.5 Å². The molecule has 0 fully saturated rings. The van der Waals surface area contributed by atoms with Crippen molar-refractivity contribution in [3.05, 3.63) is 75.5 Å². The van der Waals surface area contributed by atoms with Crippen LogP contribution in [0.4, 0.5) is 5.69 Å². The zero-order valence-electron chi connectivity index (χ0n) is 19.3. The number of anilines is 1. The first-order valence-electron chi connectivity index (χ1n) is 10.8. The van der Waals surface area contributed by atoms with Gasteiger partial charge in [0.2, 0.25) is 5.91 Å². The first kappa shape index (κ1) is 29.4. The van der Waals surface area contributed by atoms with E-state index in [1.54, 1.807) is 6.07 Å². The van der Waals surface area contributed by atoms with E-state index < -0.39 is 24.1 Å². The number of carbonyl (C=O) groups excluding carboxylic acids is 3. The third-order valence-electron chi connectivity index (χ3n) is 4.80. The summed E-state index contributed by atoms with van der Waals surface area (Å²) in [5.41, 5.74) is 7.57. The van der Waals surface area contributed by atoms with E-state index in [-0.39, 0.29) is 52.4 Å². The van der Waals surface area contributed by atoms with Crippen molar-refractivity contribution in [3.63, 3.8) is 0 Å². The van der Waals surface area contributed by atoms with E-state index >= 15 is 0 Å². The van der Waals surface area contributed by atoms with Crippen molar-refractivity contribution in [2.24, 2.45) is 5.11 Å². The van der Waals surface area contributed by atoms with Gasteiger partial charge in [0.05, 0.1) is 21.7 Å². The van der Waals surface area contributed by atoms with Gasteiger partial charge in [0.15, 0.2) is 6.29 Å². The van der Waals surface area contributed by atoms with Crippen LogP contribution < -0.4 is 21.3 Å². The Morgan fingerprint density at radius 2 is 1.65 bits per heavy atom. The second-order valence-electron chi connectivity index (χ2n) is 7.43. The molecule has 0 saturated carbocycles. The van der Waals surface area contributed by atoms with Crippen LogP contribution in [0, 0.1) is 10.9 Å². The van der Waals surface area contributed by atoms with Gasteiger partial charge in [-0.3, -0.25) is 14.4 Å². The lowest BCUT2D eigenvalue weighted by atomic mass is 10.1. The second kappa shape index (κ2) is 14.7. The van der Waals surface area contributed by atoms with Crippen LogP contribution in [-0.2, 0) is 4.79 Å². The third-order valence-corrected chi connectivity index (χ3v) is 5.43. The molecule has 0 spiro atoms. The lowest BCUT2D eigenvalue weighted by Crippen LogP contribution is -2.50. The summed E-state index contributed by atoms with van der Waals surface area (Å²) in [5.74, 6) is -1.46. The maximum atomic E-state index is 12.5. The number of halogens is 2. The fourth-order valence-electron chi connectivity index (χ4n) is 2.94. The zero-order chi connectivity index (χ0) is 27.4. The van der Waals surface area contributed by atoms with Crippen molar-refractivity contribution in [2.75, 3.05) is 18.4 Å². The molecule has 196 valence electrons. The Kier molecular flexibility index (Phi) is 11.6. The van der Waals surface area contributed by atoms with Gasteiger partial charge in [-0.05, 0) is 42.5 Å². The van der Waals surface area contributed by atoms with Gasteiger partial charge in [-0.25, -0.2) is 5.53 Å². The number of aliphatic hydroxyl groups is 2. The Hall–Kier alpha value is -3.84. The normalized spacial score (nSPS) is 11.9. The Morgan fingerprint density at radius 1 is 1.00 bits per heavy atom. The summed E-state index contributed by atoms with van der Waals surface area (Å²) in [6.07, 6.45) is 0.338. The summed E-state index contributed by atoms with van der Waals surface area (Å²) < 4.78 is 0. The van der Waals surface area contributed by atoms with Crippen LogP contribution in [0.2, 0.25) is 10.0 Å². The van der Waals surface area contributed by atoms with E-state index in [1.807, 2.05) is 0 Å². The molecule has 2 aromatic rings. The maximum Gasteiger partial charge on any atom is 0.254 e. The molecule has 8 N–H and O–H groups in total. The van der Waals surface area contributed by atoms with Crippen LogP contribution in [0.25, 0.3) is 0 Å². The smallest absolute Gasteiger partial charge is 0.254 e. The van der Waals surface area contributed by atoms with Crippen molar-refractivity contribution in [3.8, 4) is 0 Å². The number of rotatable bonds is 13. The van der Waals surface area contributed by atoms with Crippen molar-refractivity contribution >= 4 is 52.8 Å². The number of nitrogens with one attached hydrogen (secondary N) is 6. The molecule has 2 rings (SSSR count). The number of hydrogen-bond donors (Lipinski definition) is 8. The van der Waals surface area contributed by atoms with Crippen molar-refractivity contribution in [2.45, 2.75) is 18.8 Å². The molecule has 12 nitrogen and oxygen atoms in total. The zero-order valence-corrected chi connectivity index (χ0v) is 20.8. The lowest BCUT2D eigenvalue weighted by molar-refractivity contribution is -0.116. The number of allylic oxidation sites excluding steroid dienone is 1. The molecule has 0 unspecified atom stereocenters. The number of hydrogen-bond acceptors (Lipinski definition) is 9. The van der Waals surface area contributed by atoms with Gasteiger partial charge >= 0.3 is 0 Å². The summed E-state index contributed by atoms with van der Waals surface area (Å²) in [7, 11) is 0. The minimum absolute atomic E-state index is 0.0362. The maximum absolute atomic E-state index is 12.5. The van der Waals surface area contributed by atoms with Crippen LogP contribution >= 0.6 is 23.2 Å². The molecule has 0 aliphatic heterocycles. The van der Waals surface area contributed by atoms with E-state index in [0.29, 0.717) is 5.69 Å². The quantitative estimate of drug-likeness (QED) is 0.107. The summed E-state index contributed by atoms with van der Waals surface area (Å²) >= 11 is 12.0. The van der Waals surface area contributed by atoms with Crippen LogP contribution in [-0.4, -0.2) is 59.6 Å². The molecule has 2 aromatic carbocycles. The second-order valence-corrected chi connectivity index (χ2v) is 8.25. The summed E-state index contributed by atoms with van der Waals surface area (Å²) in [5, 5.41) is 39.8. The highest BCUT2D eigenvalue weighted by Gasteiger charge is 2.23. The Bertz CT molecular complexity index is 1150. The third kappa shape index (κ3) is 9.28. The van der Waals surface area contributed by atoms with E-state index in [9.17, 15) is 24.6 Å². The largest absolute Gasteiger partial charge is 0.368 e. The van der Waals surface area contributed by atoms with E-state index in [0.717, 1.165) is 6.21 Å². The monoisotopic (exact) mass is 549 g/mol. The molecule has 1 atom stereocenters. The molecule has 0 heterocycles. The van der Waals surface area contributed by atoms with Gasteiger partial charge in [0, 0.05) is 37.0 Å². The van der Waals surface area contributed by atoms with Gasteiger partial charge in [-0.15, -0.1) is 5.11 Å². The number of carbonyl (C=O) groups is 3. The number of nitrogens with zero attached hydrogens (tertiary/aromatic N) is 1. The minimum Gasteiger partial charge on any atom is -0.368 e. The summed E-state index contributed by atoms with van der Waals surface area (Å²) in [6.45, 7) is -0.111. The molecular formula is C23H25Cl2N7O5. The lowest BCUT2D eigenvalue weighted by Gasteiger charge is -2.21. The standard InChI is InChI=1S/C23H25Cl2N7O5/c24-15-2-1-3-16(25)20(15)22(35)31-17(23(36)37)12-29-21(34)13-4-6-14(7-5-13)30-19(33)9-11-28-18(32-27)8-10-26/h1-8,10,17,23,26-28,36-37H,9,11-12H2,(H,29,34)(H,30,33)(H,31,35)/b18-8-,26-10?,32-27?/t17-/m0/s1. The van der Waals surface area contributed by atoms with Crippen LogP contribution in [0.5, 0.6) is 0 Å². The highest BCUT2D eigenvalue weighted by Crippen LogP contribution is 2.24. The Morgan fingerprint density at radius 3 is 2.22 bits per heavy atom. The minimum atomic E-state index is -1.98. The highest BCUT2D eigenvalue weighted by atomic mass is 35.5. The summed E-state index contributed by atoms with van der Waals surface area (Å²) in [6, 6.07) is 9.16. The molecule has 3 amide bonds. The predicted molar refractivity (Wildman–Crippen MR) is 138 cm³/mol. The Balaban J connectivity index is 1.89. The van der Waals surface area contributed by atoms with Gasteiger partial charge in [0.1, 0.15) is 5.82 Å². The molecule has 0 bridgehead atoms. The summed E-state index contributed by atoms with van der Waals surface area (Å²) in [4.78, 5) is 37.1. The fourth-order valence-corrected chi connectivity index (χ4v) is 3.51. The molecule has 14 heteroatoms. The Labute approximate surface area is 222 Å².